The summed E-state index contributed by atoms with van der Waals surface area (Å²) in [5, 5.41) is 5.57. The largest absolute Gasteiger partial charge is 0.479 e. The van der Waals surface area contributed by atoms with Gasteiger partial charge in [0, 0.05) is 11.8 Å². The molecule has 29 heavy (non-hydrogen) atoms. The Balaban J connectivity index is 1.45. The van der Waals surface area contributed by atoms with Crippen molar-refractivity contribution in [3.8, 4) is 16.9 Å². The zero-order valence-corrected chi connectivity index (χ0v) is 15.9. The van der Waals surface area contributed by atoms with Crippen LogP contribution >= 0.6 is 0 Å². The van der Waals surface area contributed by atoms with Gasteiger partial charge in [-0.3, -0.25) is 9.59 Å². The topological polar surface area (TPSA) is 67.4 Å². The van der Waals surface area contributed by atoms with Crippen molar-refractivity contribution >= 4 is 29.3 Å². The first-order valence-corrected chi connectivity index (χ1v) is 9.34. The number of amides is 2. The summed E-state index contributed by atoms with van der Waals surface area (Å²) in [7, 11) is 0. The first kappa shape index (κ1) is 18.5. The van der Waals surface area contributed by atoms with Gasteiger partial charge in [-0.25, -0.2) is 0 Å². The molecule has 1 unspecified atom stereocenters. The minimum Gasteiger partial charge on any atom is -0.479 e. The summed E-state index contributed by atoms with van der Waals surface area (Å²) in [4.78, 5) is 24.1. The third-order valence-electron chi connectivity index (χ3n) is 4.60. The van der Waals surface area contributed by atoms with Crippen molar-refractivity contribution in [2.24, 2.45) is 0 Å². The first-order valence-electron chi connectivity index (χ1n) is 9.34. The molecule has 5 heteroatoms. The van der Waals surface area contributed by atoms with Crippen LogP contribution in [0.1, 0.15) is 12.5 Å². The van der Waals surface area contributed by atoms with E-state index < -0.39 is 6.10 Å². The van der Waals surface area contributed by atoms with E-state index in [-0.39, 0.29) is 11.8 Å². The summed E-state index contributed by atoms with van der Waals surface area (Å²) in [6.45, 7) is 1.69. The second-order valence-electron chi connectivity index (χ2n) is 6.77. The molecule has 0 fully saturated rings. The molecule has 0 bridgehead atoms. The Bertz CT molecular complexity index is 1090. The van der Waals surface area contributed by atoms with Crippen molar-refractivity contribution in [3.05, 3.63) is 84.4 Å². The van der Waals surface area contributed by atoms with E-state index in [4.69, 9.17) is 4.74 Å². The number of benzene rings is 3. The molecule has 3 aromatic rings. The molecule has 2 N–H and O–H groups in total. The minimum atomic E-state index is -0.530. The summed E-state index contributed by atoms with van der Waals surface area (Å²) >= 11 is 0. The molecule has 1 atom stereocenters. The Kier molecular flexibility index (Phi) is 5.12. The minimum absolute atomic E-state index is 0.209. The lowest BCUT2D eigenvalue weighted by atomic mass is 10.0. The van der Waals surface area contributed by atoms with E-state index in [9.17, 15) is 9.59 Å². The zero-order valence-electron chi connectivity index (χ0n) is 15.9. The number of fused-ring (bicyclic) bond motifs is 1. The third kappa shape index (κ3) is 4.35. The summed E-state index contributed by atoms with van der Waals surface area (Å²) in [5.41, 5.74) is 4.27. The van der Waals surface area contributed by atoms with Crippen molar-refractivity contribution in [3.63, 3.8) is 0 Å². The van der Waals surface area contributed by atoms with Crippen molar-refractivity contribution < 1.29 is 14.3 Å². The number of hydrogen-bond donors (Lipinski definition) is 2. The Morgan fingerprint density at radius 3 is 2.62 bits per heavy atom. The van der Waals surface area contributed by atoms with Gasteiger partial charge in [-0.1, -0.05) is 48.5 Å². The molecule has 0 radical (unpaired) electrons. The Morgan fingerprint density at radius 1 is 1.00 bits per heavy atom. The number of ether oxygens (including phenoxy) is 1. The van der Waals surface area contributed by atoms with Gasteiger partial charge in [0.05, 0.1) is 5.69 Å². The van der Waals surface area contributed by atoms with Crippen LogP contribution in [-0.4, -0.2) is 17.9 Å². The van der Waals surface area contributed by atoms with Crippen LogP contribution in [0.2, 0.25) is 0 Å². The summed E-state index contributed by atoms with van der Waals surface area (Å²) in [5.74, 6) is 0.119. The van der Waals surface area contributed by atoms with Crippen LogP contribution < -0.4 is 15.4 Å². The predicted molar refractivity (Wildman–Crippen MR) is 115 cm³/mol. The van der Waals surface area contributed by atoms with Crippen LogP contribution in [0, 0.1) is 0 Å². The van der Waals surface area contributed by atoms with Gasteiger partial charge in [0.1, 0.15) is 5.75 Å². The highest BCUT2D eigenvalue weighted by atomic mass is 16.5. The normalized spacial score (nSPS) is 15.3. The van der Waals surface area contributed by atoms with Gasteiger partial charge < -0.3 is 15.4 Å². The van der Waals surface area contributed by atoms with Crippen LogP contribution in [0.25, 0.3) is 17.2 Å². The fourth-order valence-corrected chi connectivity index (χ4v) is 3.09. The van der Waals surface area contributed by atoms with Crippen molar-refractivity contribution in [1.82, 2.24) is 0 Å². The quantitative estimate of drug-likeness (QED) is 0.640. The number of hydrogen-bond acceptors (Lipinski definition) is 3. The van der Waals surface area contributed by atoms with Gasteiger partial charge in [0.25, 0.3) is 5.91 Å². The summed E-state index contributed by atoms with van der Waals surface area (Å²) < 4.78 is 5.52. The molecule has 4 rings (SSSR count). The van der Waals surface area contributed by atoms with E-state index in [0.29, 0.717) is 17.1 Å². The number of carbonyl (C=O) groups excluding carboxylic acids is 2. The van der Waals surface area contributed by atoms with Gasteiger partial charge in [-0.15, -0.1) is 0 Å². The predicted octanol–water partition coefficient (Wildman–Crippen LogP) is 4.72. The Morgan fingerprint density at radius 2 is 1.79 bits per heavy atom. The molecule has 2 amide bonds. The van der Waals surface area contributed by atoms with E-state index in [1.807, 2.05) is 42.5 Å². The highest BCUT2D eigenvalue weighted by Crippen LogP contribution is 2.32. The lowest BCUT2D eigenvalue weighted by molar-refractivity contribution is -0.122. The molecular formula is C24H20N2O3. The number of nitrogens with one attached hydrogen (secondary N) is 2. The molecule has 0 saturated heterocycles. The van der Waals surface area contributed by atoms with Crippen LogP contribution in [0.4, 0.5) is 11.4 Å². The standard InChI is InChI=1S/C24H20N2O3/c1-16-24(28)26-21-15-20(11-12-22(21)29-16)25-23(27)13-10-17-6-5-9-19(14-17)18-7-3-2-4-8-18/h2-16H,1H3,(H,25,27)(H,26,28)/b13-10+. The SMILES string of the molecule is CC1Oc2ccc(NC(=O)/C=C/c3cccc(-c4ccccc4)c3)cc2NC1=O. The second-order valence-corrected chi connectivity index (χ2v) is 6.77. The third-order valence-corrected chi connectivity index (χ3v) is 4.60. The smallest absolute Gasteiger partial charge is 0.265 e. The molecule has 0 aliphatic carbocycles. The molecule has 1 aliphatic heterocycles. The van der Waals surface area contributed by atoms with Crippen LogP contribution in [0.15, 0.2) is 78.9 Å². The average Bonchev–Trinajstić information content (AvgIpc) is 2.74. The number of carbonyl (C=O) groups is 2. The summed E-state index contributed by atoms with van der Waals surface area (Å²) in [6, 6.07) is 23.2. The lowest BCUT2D eigenvalue weighted by Gasteiger charge is -2.23. The van der Waals surface area contributed by atoms with E-state index in [2.05, 4.69) is 22.8 Å². The summed E-state index contributed by atoms with van der Waals surface area (Å²) in [6.07, 6.45) is 2.73. The maximum absolute atomic E-state index is 12.3. The highest BCUT2D eigenvalue weighted by molar-refractivity contribution is 6.03. The number of anilines is 2. The van der Waals surface area contributed by atoms with E-state index in [1.165, 1.54) is 6.08 Å². The molecule has 1 aliphatic rings. The lowest BCUT2D eigenvalue weighted by Crippen LogP contribution is -2.34. The molecule has 3 aromatic carbocycles. The molecule has 0 spiro atoms. The van der Waals surface area contributed by atoms with Crippen molar-refractivity contribution in [2.45, 2.75) is 13.0 Å². The fraction of sp³-hybridized carbons (Fsp3) is 0.0833. The number of rotatable bonds is 4. The molecule has 1 heterocycles. The monoisotopic (exact) mass is 384 g/mol. The second kappa shape index (κ2) is 8.02. The molecular weight excluding hydrogens is 364 g/mol. The van der Waals surface area contributed by atoms with Gasteiger partial charge >= 0.3 is 0 Å². The van der Waals surface area contributed by atoms with E-state index in [0.717, 1.165) is 16.7 Å². The molecule has 0 aromatic heterocycles. The van der Waals surface area contributed by atoms with Gasteiger partial charge in [0.2, 0.25) is 5.91 Å². The Hall–Kier alpha value is -3.86. The van der Waals surface area contributed by atoms with Gasteiger partial charge in [-0.2, -0.15) is 0 Å². The maximum atomic E-state index is 12.3. The zero-order chi connectivity index (χ0) is 20.2. The van der Waals surface area contributed by atoms with E-state index in [1.54, 1.807) is 31.2 Å². The van der Waals surface area contributed by atoms with E-state index >= 15 is 0 Å². The Labute approximate surface area is 169 Å². The fourth-order valence-electron chi connectivity index (χ4n) is 3.09. The first-order chi connectivity index (χ1) is 14.1. The van der Waals surface area contributed by atoms with Gasteiger partial charge in [-0.05, 0) is 54.0 Å². The maximum Gasteiger partial charge on any atom is 0.265 e. The van der Waals surface area contributed by atoms with Crippen molar-refractivity contribution in [2.75, 3.05) is 10.6 Å². The molecule has 0 saturated carbocycles. The average molecular weight is 384 g/mol. The molecule has 5 nitrogen and oxygen atoms in total. The van der Waals surface area contributed by atoms with Crippen LogP contribution in [0.3, 0.4) is 0 Å². The molecule has 144 valence electrons. The van der Waals surface area contributed by atoms with Crippen LogP contribution in [0.5, 0.6) is 5.75 Å². The van der Waals surface area contributed by atoms with Gasteiger partial charge in [0.15, 0.2) is 6.10 Å². The van der Waals surface area contributed by atoms with Crippen LogP contribution in [-0.2, 0) is 9.59 Å². The highest BCUT2D eigenvalue weighted by Gasteiger charge is 2.23. The van der Waals surface area contributed by atoms with Crippen molar-refractivity contribution in [1.29, 1.82) is 0 Å².